The summed E-state index contributed by atoms with van der Waals surface area (Å²) in [6, 6.07) is 0.210. The maximum absolute atomic E-state index is 12.7. The fourth-order valence-corrected chi connectivity index (χ4v) is 7.09. The van der Waals surface area contributed by atoms with E-state index in [-0.39, 0.29) is 17.0 Å². The lowest BCUT2D eigenvalue weighted by Crippen LogP contribution is -2.41. The van der Waals surface area contributed by atoms with Crippen molar-refractivity contribution in [3.8, 4) is 0 Å². The zero-order valence-electron chi connectivity index (χ0n) is 18.4. The summed E-state index contributed by atoms with van der Waals surface area (Å²) in [4.78, 5) is 31.6. The van der Waals surface area contributed by atoms with Crippen molar-refractivity contribution in [1.29, 1.82) is 0 Å². The number of imidazole rings is 1. The summed E-state index contributed by atoms with van der Waals surface area (Å²) < 4.78 is 41.8. The molecule has 2 fully saturated rings. The van der Waals surface area contributed by atoms with E-state index in [4.69, 9.17) is 16.3 Å². The first kappa shape index (κ1) is 25.7. The molecule has 0 aromatic carbocycles. The van der Waals surface area contributed by atoms with E-state index in [0.29, 0.717) is 11.3 Å². The van der Waals surface area contributed by atoms with Crippen LogP contribution in [0.15, 0.2) is 6.33 Å². The van der Waals surface area contributed by atoms with Crippen LogP contribution >= 0.6 is 19.2 Å². The van der Waals surface area contributed by atoms with E-state index in [2.05, 4.69) is 20.3 Å². The summed E-state index contributed by atoms with van der Waals surface area (Å²) in [7, 11) is -9.50. The van der Waals surface area contributed by atoms with Gasteiger partial charge in [-0.15, -0.1) is 0 Å². The first-order valence-electron chi connectivity index (χ1n) is 10.7. The molecule has 2 aliphatic rings. The Morgan fingerprint density at radius 3 is 2.50 bits per heavy atom. The molecule has 3 heterocycles. The topological polar surface area (TPSA) is 197 Å². The molecule has 2 aromatic rings. The maximum Gasteiger partial charge on any atom is 0.346 e. The molecule has 1 aliphatic heterocycles. The normalized spacial score (nSPS) is 27.0. The molecule has 0 bridgehead atoms. The number of halogens is 1. The van der Waals surface area contributed by atoms with Gasteiger partial charge in [0.05, 0.1) is 12.1 Å². The Labute approximate surface area is 200 Å². The minimum Gasteiger partial charge on any atom is -0.387 e. The van der Waals surface area contributed by atoms with Crippen LogP contribution in [-0.2, 0) is 19.1 Å². The molecule has 1 aliphatic carbocycles. The van der Waals surface area contributed by atoms with Crippen LogP contribution in [0.5, 0.6) is 0 Å². The molecule has 0 unspecified atom stereocenters. The van der Waals surface area contributed by atoms with Gasteiger partial charge in [-0.2, -0.15) is 9.97 Å². The molecule has 4 rings (SSSR count). The van der Waals surface area contributed by atoms with Gasteiger partial charge < -0.3 is 30.1 Å². The average molecular weight is 540 g/mol. The van der Waals surface area contributed by atoms with Crippen molar-refractivity contribution in [2.75, 3.05) is 11.1 Å². The molecule has 5 N–H and O–H groups in total. The second-order valence-electron chi connectivity index (χ2n) is 9.11. The van der Waals surface area contributed by atoms with Crippen molar-refractivity contribution in [3.05, 3.63) is 11.6 Å². The van der Waals surface area contributed by atoms with E-state index in [1.807, 2.05) is 0 Å². The summed E-state index contributed by atoms with van der Waals surface area (Å²) in [5.41, 5.74) is 0.566. The van der Waals surface area contributed by atoms with Crippen LogP contribution in [0.25, 0.3) is 11.2 Å². The maximum atomic E-state index is 12.7. The van der Waals surface area contributed by atoms with Gasteiger partial charge in [-0.05, 0) is 38.3 Å². The fourth-order valence-electron chi connectivity index (χ4n) is 4.14. The molecule has 13 nitrogen and oxygen atoms in total. The molecule has 0 spiro atoms. The van der Waals surface area contributed by atoms with Gasteiger partial charge in [-0.25, -0.2) is 13.4 Å². The highest BCUT2D eigenvalue weighted by Gasteiger charge is 2.53. The van der Waals surface area contributed by atoms with Crippen LogP contribution in [0.1, 0.15) is 45.8 Å². The number of fused-ring (bicyclic) bond motifs is 1. The predicted octanol–water partition coefficient (Wildman–Crippen LogP) is 0.782. The molecule has 0 radical (unpaired) electrons. The van der Waals surface area contributed by atoms with Gasteiger partial charge in [-0.3, -0.25) is 9.13 Å². The van der Waals surface area contributed by atoms with Gasteiger partial charge in [-0.1, -0.05) is 12.8 Å². The molecule has 0 amide bonds. The molecule has 190 valence electrons. The molecular weight excluding hydrogens is 513 g/mol. The lowest BCUT2D eigenvalue weighted by Gasteiger charge is -2.27. The molecule has 1 saturated heterocycles. The third kappa shape index (κ3) is 4.46. The standard InChI is InChI=1S/C18H27ClN5O8PS/c1-18(2,33(27,28)29)34(30,31)7-10-12(25)13(26)16(32-10)24-8-20-11-14(21-9-5-3-4-6-9)22-17(19)23-15(11)24/h8-10,12-13,16,25-26H,3-7H2,1-2H3,(H,21,22,23)(H2,27,28,29)/t10-,12-,13-,16-/m1/s1. The first-order valence-corrected chi connectivity index (χ1v) is 14.3. The number of hydrogen-bond acceptors (Lipinski definition) is 10. The van der Waals surface area contributed by atoms with E-state index < -0.39 is 52.2 Å². The highest BCUT2D eigenvalue weighted by molar-refractivity contribution is 7.99. The van der Waals surface area contributed by atoms with Crippen molar-refractivity contribution in [3.63, 3.8) is 0 Å². The van der Waals surface area contributed by atoms with Crippen LogP contribution in [0.4, 0.5) is 5.82 Å². The summed E-state index contributed by atoms with van der Waals surface area (Å²) in [6.45, 7) is 1.80. The van der Waals surface area contributed by atoms with Crippen LogP contribution in [0, 0.1) is 0 Å². The number of ether oxygens (including phenoxy) is 1. The number of sulfone groups is 1. The number of aliphatic hydroxyl groups is 2. The Morgan fingerprint density at radius 2 is 1.88 bits per heavy atom. The minimum atomic E-state index is -5.04. The number of rotatable bonds is 7. The van der Waals surface area contributed by atoms with E-state index in [1.54, 1.807) is 0 Å². The van der Waals surface area contributed by atoms with Gasteiger partial charge in [0, 0.05) is 6.04 Å². The highest BCUT2D eigenvalue weighted by Crippen LogP contribution is 2.54. The van der Waals surface area contributed by atoms with Crippen molar-refractivity contribution in [1.82, 2.24) is 19.5 Å². The number of nitrogens with zero attached hydrogens (tertiary/aromatic N) is 4. The van der Waals surface area contributed by atoms with E-state index in [9.17, 15) is 33.0 Å². The molecule has 4 atom stereocenters. The molecule has 2 aromatic heterocycles. The van der Waals surface area contributed by atoms with Crippen molar-refractivity contribution in [2.24, 2.45) is 0 Å². The van der Waals surface area contributed by atoms with E-state index >= 15 is 0 Å². The van der Waals surface area contributed by atoms with Crippen molar-refractivity contribution < 1.29 is 37.7 Å². The highest BCUT2D eigenvalue weighted by atomic mass is 35.5. The lowest BCUT2D eigenvalue weighted by atomic mass is 10.1. The molecule has 34 heavy (non-hydrogen) atoms. The average Bonchev–Trinajstić information content (AvgIpc) is 3.43. The summed E-state index contributed by atoms with van der Waals surface area (Å²) in [5, 5.41) is 24.3. The van der Waals surface area contributed by atoms with Crippen LogP contribution in [0.2, 0.25) is 5.28 Å². The third-order valence-electron chi connectivity index (χ3n) is 6.55. The third-order valence-corrected chi connectivity index (χ3v) is 12.0. The Hall–Kier alpha value is -1.38. The zero-order valence-corrected chi connectivity index (χ0v) is 20.9. The number of aromatic nitrogens is 4. The Kier molecular flexibility index (Phi) is 6.75. The van der Waals surface area contributed by atoms with Gasteiger partial charge in [0.1, 0.15) is 18.3 Å². The zero-order chi connectivity index (χ0) is 25.1. The smallest absolute Gasteiger partial charge is 0.346 e. The Bertz CT molecular complexity index is 1230. The van der Waals surface area contributed by atoms with Gasteiger partial charge in [0.2, 0.25) is 5.28 Å². The first-order chi connectivity index (χ1) is 15.7. The summed E-state index contributed by atoms with van der Waals surface area (Å²) >= 11 is 6.11. The molecule has 1 saturated carbocycles. The monoisotopic (exact) mass is 539 g/mol. The van der Waals surface area contributed by atoms with Crippen molar-refractivity contribution >= 4 is 46.0 Å². The van der Waals surface area contributed by atoms with Gasteiger partial charge in [0.15, 0.2) is 37.5 Å². The minimum absolute atomic E-state index is 0.0784. The molecular formula is C18H27ClN5O8PS. The number of hydrogen-bond donors (Lipinski definition) is 5. The quantitative estimate of drug-likeness (QED) is 0.245. The van der Waals surface area contributed by atoms with Crippen LogP contribution < -0.4 is 5.32 Å². The summed E-state index contributed by atoms with van der Waals surface area (Å²) in [6.07, 6.45) is -0.510. The number of aliphatic hydroxyl groups excluding tert-OH is 2. The molecule has 16 heteroatoms. The number of nitrogens with one attached hydrogen (secondary N) is 1. The largest absolute Gasteiger partial charge is 0.387 e. The SMILES string of the molecule is CC(C)(P(=O)(O)O)S(=O)(=O)C[C@H]1O[C@@H](n2cnc3c(NC4CCCC4)nc(Cl)nc32)[C@H](O)[C@@H]1O. The van der Waals surface area contributed by atoms with E-state index in [1.165, 1.54) is 10.9 Å². The second kappa shape index (κ2) is 8.93. The van der Waals surface area contributed by atoms with Gasteiger partial charge >= 0.3 is 7.60 Å². The van der Waals surface area contributed by atoms with Crippen molar-refractivity contribution in [2.45, 2.75) is 74.6 Å². The number of anilines is 1. The summed E-state index contributed by atoms with van der Waals surface area (Å²) in [5.74, 6) is -0.507. The lowest BCUT2D eigenvalue weighted by molar-refractivity contribution is -0.0292. The van der Waals surface area contributed by atoms with Gasteiger partial charge in [0.25, 0.3) is 0 Å². The predicted molar refractivity (Wildman–Crippen MR) is 122 cm³/mol. The second-order valence-corrected chi connectivity index (χ2v) is 14.5. The Morgan fingerprint density at radius 1 is 1.24 bits per heavy atom. The van der Waals surface area contributed by atoms with Crippen LogP contribution in [-0.4, -0.2) is 82.5 Å². The Balaban J connectivity index is 1.62. The fraction of sp³-hybridized carbons (Fsp3) is 0.722. The van der Waals surface area contributed by atoms with Crippen LogP contribution in [0.3, 0.4) is 0 Å². The van der Waals surface area contributed by atoms with E-state index in [0.717, 1.165) is 39.5 Å².